The van der Waals surface area contributed by atoms with Crippen LogP contribution in [0, 0.1) is 0 Å². The van der Waals surface area contributed by atoms with Crippen LogP contribution in [-0.4, -0.2) is 61.0 Å². The van der Waals surface area contributed by atoms with Gasteiger partial charge in [0.05, 0.1) is 0 Å². The molecule has 0 bridgehead atoms. The number of carbonyl (C=O) groups excluding carboxylic acids is 1. The highest BCUT2D eigenvalue weighted by Gasteiger charge is 2.27. The van der Waals surface area contributed by atoms with Gasteiger partial charge in [0.25, 0.3) is 0 Å². The lowest BCUT2D eigenvalue weighted by Gasteiger charge is -2.42. The Hall–Kier alpha value is -0.650. The smallest absolute Gasteiger partial charge is 0.219 e. The van der Waals surface area contributed by atoms with E-state index in [1.165, 1.54) is 0 Å². The molecule has 4 N–H and O–H groups in total. The van der Waals surface area contributed by atoms with Crippen molar-refractivity contribution < 1.29 is 4.79 Å². The molecule has 0 aromatic rings. The zero-order chi connectivity index (χ0) is 12.1. The summed E-state index contributed by atoms with van der Waals surface area (Å²) in [4.78, 5) is 15.6. The van der Waals surface area contributed by atoms with Crippen molar-refractivity contribution in [2.45, 2.75) is 31.8 Å². The van der Waals surface area contributed by atoms with Crippen LogP contribution in [0.2, 0.25) is 0 Å². The fraction of sp³-hybridized carbons (Fsp3) is 0.909. The number of nitrogens with two attached hydrogens (primary N) is 2. The van der Waals surface area contributed by atoms with Crippen molar-refractivity contribution in [3.8, 4) is 0 Å². The van der Waals surface area contributed by atoms with E-state index in [4.69, 9.17) is 11.5 Å². The van der Waals surface area contributed by atoms with E-state index < -0.39 is 0 Å². The summed E-state index contributed by atoms with van der Waals surface area (Å²) in [6, 6.07) is 0.677. The molecule has 1 aliphatic heterocycles. The van der Waals surface area contributed by atoms with E-state index in [1.807, 2.05) is 0 Å². The molecule has 0 spiro atoms. The van der Waals surface area contributed by atoms with Crippen LogP contribution in [0.25, 0.3) is 0 Å². The number of nitrogens with zero attached hydrogens (tertiary/aromatic N) is 2. The molecule has 16 heavy (non-hydrogen) atoms. The fourth-order valence-electron chi connectivity index (χ4n) is 2.34. The zero-order valence-electron chi connectivity index (χ0n) is 10.4. The second-order valence-corrected chi connectivity index (χ2v) is 4.60. The van der Waals surface area contributed by atoms with Crippen molar-refractivity contribution in [1.29, 1.82) is 0 Å². The van der Waals surface area contributed by atoms with Crippen molar-refractivity contribution >= 4 is 5.91 Å². The first-order chi connectivity index (χ1) is 7.58. The lowest BCUT2D eigenvalue weighted by molar-refractivity contribution is -0.119. The summed E-state index contributed by atoms with van der Waals surface area (Å²) in [5.74, 6) is -0.262. The third kappa shape index (κ3) is 3.43. The Kier molecular flexibility index (Phi) is 5.18. The molecule has 5 nitrogen and oxygen atoms in total. The van der Waals surface area contributed by atoms with E-state index in [2.05, 4.69) is 23.8 Å². The lowest BCUT2D eigenvalue weighted by atomic mass is 10.1. The zero-order valence-corrected chi connectivity index (χ0v) is 10.4. The lowest BCUT2D eigenvalue weighted by Crippen LogP contribution is -2.56. The fourth-order valence-corrected chi connectivity index (χ4v) is 2.34. The summed E-state index contributed by atoms with van der Waals surface area (Å²) in [5, 5.41) is 0. The molecule has 0 aliphatic carbocycles. The van der Waals surface area contributed by atoms with Gasteiger partial charge in [-0.05, 0) is 13.5 Å². The molecule has 1 saturated heterocycles. The molecule has 1 aliphatic rings. The molecule has 5 heteroatoms. The van der Waals surface area contributed by atoms with Crippen LogP contribution < -0.4 is 11.5 Å². The van der Waals surface area contributed by atoms with Crippen LogP contribution in [0.5, 0.6) is 0 Å². The summed E-state index contributed by atoms with van der Waals surface area (Å²) < 4.78 is 0. The minimum atomic E-state index is -0.262. The maximum absolute atomic E-state index is 11.0. The molecule has 94 valence electrons. The van der Waals surface area contributed by atoms with E-state index in [0.717, 1.165) is 26.1 Å². The summed E-state index contributed by atoms with van der Waals surface area (Å²) in [7, 11) is 2.15. The second-order valence-electron chi connectivity index (χ2n) is 4.60. The number of likely N-dealkylation sites (N-methyl/N-ethyl adjacent to an activating group) is 1. The Bertz CT molecular complexity index is 234. The van der Waals surface area contributed by atoms with Gasteiger partial charge in [0.1, 0.15) is 0 Å². The van der Waals surface area contributed by atoms with Gasteiger partial charge in [0, 0.05) is 44.7 Å². The Labute approximate surface area is 97.7 Å². The summed E-state index contributed by atoms with van der Waals surface area (Å²) in [6.07, 6.45) is 1.50. The number of piperazine rings is 1. The molecule has 1 amide bonds. The highest BCUT2D eigenvalue weighted by molar-refractivity contribution is 5.74. The van der Waals surface area contributed by atoms with Gasteiger partial charge in [-0.2, -0.15) is 0 Å². The number of hydrogen-bond donors (Lipinski definition) is 2. The van der Waals surface area contributed by atoms with Crippen molar-refractivity contribution in [2.75, 3.05) is 33.2 Å². The molecule has 2 unspecified atom stereocenters. The molecule has 0 saturated carbocycles. The predicted molar refractivity (Wildman–Crippen MR) is 64.9 cm³/mol. The first-order valence-electron chi connectivity index (χ1n) is 6.01. The quantitative estimate of drug-likeness (QED) is 0.647. The molecular weight excluding hydrogens is 204 g/mol. The third-order valence-corrected chi connectivity index (χ3v) is 3.51. The van der Waals surface area contributed by atoms with Crippen LogP contribution in [0.3, 0.4) is 0 Å². The maximum atomic E-state index is 11.0. The highest BCUT2D eigenvalue weighted by Crippen LogP contribution is 2.14. The van der Waals surface area contributed by atoms with Crippen LogP contribution in [0.1, 0.15) is 19.8 Å². The van der Waals surface area contributed by atoms with Crippen molar-refractivity contribution in [3.63, 3.8) is 0 Å². The Morgan fingerprint density at radius 3 is 2.69 bits per heavy atom. The van der Waals surface area contributed by atoms with Crippen molar-refractivity contribution in [1.82, 2.24) is 9.80 Å². The Morgan fingerprint density at radius 1 is 1.50 bits per heavy atom. The summed E-state index contributed by atoms with van der Waals surface area (Å²) >= 11 is 0. The van der Waals surface area contributed by atoms with E-state index >= 15 is 0 Å². The monoisotopic (exact) mass is 228 g/mol. The van der Waals surface area contributed by atoms with E-state index in [9.17, 15) is 4.79 Å². The third-order valence-electron chi connectivity index (χ3n) is 3.51. The number of amides is 1. The largest absolute Gasteiger partial charge is 0.370 e. The van der Waals surface area contributed by atoms with E-state index in [0.29, 0.717) is 19.0 Å². The van der Waals surface area contributed by atoms with Gasteiger partial charge < -0.3 is 16.4 Å². The average molecular weight is 228 g/mol. The summed E-state index contributed by atoms with van der Waals surface area (Å²) in [6.45, 7) is 5.69. The van der Waals surface area contributed by atoms with E-state index in [1.54, 1.807) is 0 Å². The van der Waals surface area contributed by atoms with Gasteiger partial charge in [-0.15, -0.1) is 0 Å². The molecule has 0 aromatic heterocycles. The van der Waals surface area contributed by atoms with Gasteiger partial charge in [-0.3, -0.25) is 9.69 Å². The van der Waals surface area contributed by atoms with Crippen molar-refractivity contribution in [3.05, 3.63) is 0 Å². The molecule has 1 heterocycles. The first kappa shape index (κ1) is 13.4. The molecule has 1 rings (SSSR count). The highest BCUT2D eigenvalue weighted by atomic mass is 16.1. The Morgan fingerprint density at radius 2 is 2.19 bits per heavy atom. The molecule has 1 fully saturated rings. The van der Waals surface area contributed by atoms with Gasteiger partial charge in [-0.25, -0.2) is 0 Å². The van der Waals surface area contributed by atoms with Gasteiger partial charge in [0.2, 0.25) is 5.91 Å². The van der Waals surface area contributed by atoms with Gasteiger partial charge in [-0.1, -0.05) is 6.92 Å². The second kappa shape index (κ2) is 6.18. The Balaban J connectivity index is 2.54. The minimum Gasteiger partial charge on any atom is -0.370 e. The predicted octanol–water partition coefficient (Wildman–Crippen LogP) is -0.785. The number of primary amides is 1. The van der Waals surface area contributed by atoms with Gasteiger partial charge >= 0.3 is 0 Å². The molecule has 2 atom stereocenters. The van der Waals surface area contributed by atoms with Crippen LogP contribution in [0.15, 0.2) is 0 Å². The topological polar surface area (TPSA) is 75.6 Å². The normalized spacial score (nSPS) is 25.6. The number of carbonyl (C=O) groups is 1. The van der Waals surface area contributed by atoms with Crippen LogP contribution in [0.4, 0.5) is 0 Å². The van der Waals surface area contributed by atoms with Gasteiger partial charge in [0.15, 0.2) is 0 Å². The maximum Gasteiger partial charge on any atom is 0.219 e. The van der Waals surface area contributed by atoms with Crippen LogP contribution >= 0.6 is 0 Å². The number of rotatable bonds is 5. The molecule has 0 aromatic carbocycles. The SMILES string of the molecule is CCC1CN(C(CN)CC(N)=O)CCN1C. The van der Waals surface area contributed by atoms with E-state index in [-0.39, 0.29) is 11.9 Å². The summed E-state index contributed by atoms with van der Waals surface area (Å²) in [5.41, 5.74) is 10.9. The number of hydrogen-bond acceptors (Lipinski definition) is 4. The van der Waals surface area contributed by atoms with Crippen molar-refractivity contribution in [2.24, 2.45) is 11.5 Å². The molecular formula is C11H24N4O. The standard InChI is InChI=1S/C11H24N4O/c1-3-9-8-15(5-4-14(9)2)10(7-12)6-11(13)16/h9-10H,3-8,12H2,1-2H3,(H2,13,16). The first-order valence-corrected chi connectivity index (χ1v) is 6.01. The average Bonchev–Trinajstić information content (AvgIpc) is 2.26. The minimum absolute atomic E-state index is 0.111. The van der Waals surface area contributed by atoms with Crippen LogP contribution in [-0.2, 0) is 4.79 Å². The molecule has 0 radical (unpaired) electrons.